The van der Waals surface area contributed by atoms with Crippen molar-refractivity contribution in [1.29, 1.82) is 0 Å². The number of halogens is 6. The maximum atomic E-state index is 14.2. The molecule has 1 saturated heterocycles. The summed E-state index contributed by atoms with van der Waals surface area (Å²) in [5.74, 6) is -3.69. The molecule has 228 valence electrons. The number of nitrogens with one attached hydrogen (secondary N) is 2. The van der Waals surface area contributed by atoms with Crippen LogP contribution in [0.4, 0.5) is 27.6 Å². The van der Waals surface area contributed by atoms with Crippen molar-refractivity contribution in [2.75, 3.05) is 24.7 Å². The minimum atomic E-state index is -4.93. The van der Waals surface area contributed by atoms with Gasteiger partial charge in [-0.15, -0.1) is 0 Å². The molecule has 0 aromatic heterocycles. The number of anilines is 1. The molecule has 5 rings (SSSR count). The fraction of sp³-hybridized carbons (Fsp3) is 0.286. The highest BCUT2D eigenvalue weighted by Crippen LogP contribution is 2.42. The Kier molecular flexibility index (Phi) is 8.13. The maximum absolute atomic E-state index is 14.2. The SMILES string of the molecule is CS(=O)(=O)N1CCC[C@H](Oc2cc(NC(=O)c3cc(F)cc(C(F)(F)F)c3)c3c(c2)C(=O)NC3c2cc(F)ccc2Cl)C1. The van der Waals surface area contributed by atoms with Crippen LogP contribution in [0.5, 0.6) is 5.75 Å². The Balaban J connectivity index is 1.57. The number of amides is 2. The van der Waals surface area contributed by atoms with E-state index < -0.39 is 62.9 Å². The van der Waals surface area contributed by atoms with Crippen molar-refractivity contribution in [2.45, 2.75) is 31.2 Å². The van der Waals surface area contributed by atoms with Crippen LogP contribution in [0.2, 0.25) is 5.02 Å². The zero-order chi connectivity index (χ0) is 31.3. The van der Waals surface area contributed by atoms with E-state index in [1.165, 1.54) is 22.5 Å². The Morgan fingerprint density at radius 1 is 1.09 bits per heavy atom. The number of hydrogen-bond donors (Lipinski definition) is 2. The Bertz CT molecular complexity index is 1730. The third kappa shape index (κ3) is 6.60. The molecule has 0 saturated carbocycles. The van der Waals surface area contributed by atoms with E-state index in [4.69, 9.17) is 16.3 Å². The molecule has 0 radical (unpaired) electrons. The summed E-state index contributed by atoms with van der Waals surface area (Å²) in [7, 11) is -3.51. The van der Waals surface area contributed by atoms with Crippen molar-refractivity contribution in [1.82, 2.24) is 9.62 Å². The van der Waals surface area contributed by atoms with Gasteiger partial charge in [0.2, 0.25) is 10.0 Å². The fourth-order valence-corrected chi connectivity index (χ4v) is 6.25. The molecule has 2 N–H and O–H groups in total. The summed E-state index contributed by atoms with van der Waals surface area (Å²) < 4.78 is 99.5. The van der Waals surface area contributed by atoms with E-state index in [0.29, 0.717) is 31.5 Å². The molecule has 8 nitrogen and oxygen atoms in total. The van der Waals surface area contributed by atoms with Gasteiger partial charge < -0.3 is 15.4 Å². The first kappa shape index (κ1) is 30.7. The third-order valence-electron chi connectivity index (χ3n) is 7.08. The van der Waals surface area contributed by atoms with Gasteiger partial charge in [0.05, 0.1) is 35.7 Å². The molecule has 1 fully saturated rings. The number of sulfonamides is 1. The second-order valence-corrected chi connectivity index (χ2v) is 12.6. The summed E-state index contributed by atoms with van der Waals surface area (Å²) in [5, 5.41) is 5.18. The molecule has 43 heavy (non-hydrogen) atoms. The predicted octanol–water partition coefficient (Wildman–Crippen LogP) is 5.52. The lowest BCUT2D eigenvalue weighted by molar-refractivity contribution is -0.137. The van der Waals surface area contributed by atoms with Crippen molar-refractivity contribution >= 4 is 39.1 Å². The summed E-state index contributed by atoms with van der Waals surface area (Å²) in [6.07, 6.45) is -3.52. The molecule has 2 amide bonds. The standard InChI is InChI=1S/C28H23ClF5N3O5S/c1-43(40,41)37-6-2-3-18(13-37)42-19-11-21-24(25(36-27(21)39)20-10-16(30)4-5-22(20)29)23(12-19)35-26(38)14-7-15(28(32,33)34)9-17(31)8-14/h4-5,7-12,18,25H,2-3,6,13H2,1H3,(H,35,38)(H,36,39)/t18-,25?/m0/s1. The Morgan fingerprint density at radius 2 is 1.84 bits per heavy atom. The van der Waals surface area contributed by atoms with Gasteiger partial charge in [-0.2, -0.15) is 17.5 Å². The van der Waals surface area contributed by atoms with E-state index in [1.807, 2.05) is 0 Å². The molecule has 3 aromatic rings. The smallest absolute Gasteiger partial charge is 0.416 e. The van der Waals surface area contributed by atoms with E-state index in [-0.39, 0.29) is 45.8 Å². The quantitative estimate of drug-likeness (QED) is 0.344. The minimum absolute atomic E-state index is 0.0101. The number of fused-ring (bicyclic) bond motifs is 1. The first-order chi connectivity index (χ1) is 20.1. The molecule has 2 atom stereocenters. The normalized spacial score (nSPS) is 19.1. The van der Waals surface area contributed by atoms with E-state index in [2.05, 4.69) is 10.6 Å². The number of nitrogens with zero attached hydrogens (tertiary/aromatic N) is 1. The van der Waals surface area contributed by atoms with Crippen molar-refractivity contribution in [3.05, 3.63) is 93.0 Å². The summed E-state index contributed by atoms with van der Waals surface area (Å²) in [4.78, 5) is 26.3. The molecular formula is C28H23ClF5N3O5S. The number of carbonyl (C=O) groups excluding carboxylic acids is 2. The Hall–Kier alpha value is -3.75. The molecule has 2 heterocycles. The Morgan fingerprint density at radius 3 is 2.53 bits per heavy atom. The second-order valence-electron chi connectivity index (χ2n) is 10.2. The third-order valence-corrected chi connectivity index (χ3v) is 8.69. The summed E-state index contributed by atoms with van der Waals surface area (Å²) in [6, 6.07) is 6.40. The van der Waals surface area contributed by atoms with Gasteiger partial charge in [0, 0.05) is 34.3 Å². The average molecular weight is 644 g/mol. The Labute approximate surface area is 247 Å². The van der Waals surface area contributed by atoms with Gasteiger partial charge in [-0.1, -0.05) is 11.6 Å². The zero-order valence-corrected chi connectivity index (χ0v) is 23.8. The molecule has 3 aromatic carbocycles. The van der Waals surface area contributed by atoms with E-state index in [1.54, 1.807) is 0 Å². The van der Waals surface area contributed by atoms with Crippen LogP contribution in [-0.2, 0) is 16.2 Å². The zero-order valence-electron chi connectivity index (χ0n) is 22.3. The molecular weight excluding hydrogens is 621 g/mol. The summed E-state index contributed by atoms with van der Waals surface area (Å²) >= 11 is 6.30. The lowest BCUT2D eigenvalue weighted by Crippen LogP contribution is -2.43. The number of piperidine rings is 1. The second kappa shape index (κ2) is 11.4. The highest BCUT2D eigenvalue weighted by atomic mass is 35.5. The van der Waals surface area contributed by atoms with Crippen LogP contribution < -0.4 is 15.4 Å². The van der Waals surface area contributed by atoms with Crippen LogP contribution in [0.3, 0.4) is 0 Å². The van der Waals surface area contributed by atoms with Crippen molar-refractivity contribution in [3.63, 3.8) is 0 Å². The van der Waals surface area contributed by atoms with E-state index in [0.717, 1.165) is 18.4 Å². The van der Waals surface area contributed by atoms with Gasteiger partial charge >= 0.3 is 6.18 Å². The van der Waals surface area contributed by atoms with Crippen LogP contribution in [0.1, 0.15) is 56.3 Å². The minimum Gasteiger partial charge on any atom is -0.489 e. The van der Waals surface area contributed by atoms with Crippen LogP contribution in [-0.4, -0.2) is 50.0 Å². The average Bonchev–Trinajstić information content (AvgIpc) is 3.25. The number of rotatable bonds is 6. The number of hydrogen-bond acceptors (Lipinski definition) is 5. The van der Waals surface area contributed by atoms with Gasteiger partial charge in [0.25, 0.3) is 11.8 Å². The van der Waals surface area contributed by atoms with E-state index >= 15 is 0 Å². The van der Waals surface area contributed by atoms with Crippen LogP contribution >= 0.6 is 11.6 Å². The highest BCUT2D eigenvalue weighted by Gasteiger charge is 2.37. The lowest BCUT2D eigenvalue weighted by atomic mass is 9.95. The monoisotopic (exact) mass is 643 g/mol. The number of ether oxygens (including phenoxy) is 1. The van der Waals surface area contributed by atoms with Gasteiger partial charge in [0.1, 0.15) is 23.5 Å². The molecule has 2 aliphatic heterocycles. The van der Waals surface area contributed by atoms with Crippen LogP contribution in [0.25, 0.3) is 0 Å². The molecule has 2 aliphatic rings. The topological polar surface area (TPSA) is 105 Å². The molecule has 0 bridgehead atoms. The largest absolute Gasteiger partial charge is 0.489 e. The summed E-state index contributed by atoms with van der Waals surface area (Å²) in [6.45, 7) is 0.324. The number of benzene rings is 3. The molecule has 0 aliphatic carbocycles. The molecule has 0 spiro atoms. The summed E-state index contributed by atoms with van der Waals surface area (Å²) in [5.41, 5.74) is -1.89. The first-order valence-electron chi connectivity index (χ1n) is 12.8. The van der Waals surface area contributed by atoms with Crippen LogP contribution in [0.15, 0.2) is 48.5 Å². The van der Waals surface area contributed by atoms with Gasteiger partial charge in [-0.3, -0.25) is 9.59 Å². The first-order valence-corrected chi connectivity index (χ1v) is 15.1. The number of alkyl halides is 3. The fourth-order valence-electron chi connectivity index (χ4n) is 5.12. The van der Waals surface area contributed by atoms with Gasteiger partial charge in [-0.25, -0.2) is 17.2 Å². The maximum Gasteiger partial charge on any atom is 0.416 e. The van der Waals surface area contributed by atoms with Gasteiger partial charge in [0.15, 0.2) is 0 Å². The number of carbonyl (C=O) groups is 2. The van der Waals surface area contributed by atoms with Crippen LogP contribution in [0, 0.1) is 11.6 Å². The molecule has 15 heteroatoms. The van der Waals surface area contributed by atoms with Crippen molar-refractivity contribution in [2.24, 2.45) is 0 Å². The van der Waals surface area contributed by atoms with Gasteiger partial charge in [-0.05, 0) is 55.3 Å². The lowest BCUT2D eigenvalue weighted by Gasteiger charge is -2.31. The van der Waals surface area contributed by atoms with Crippen molar-refractivity contribution < 1.29 is 44.7 Å². The van der Waals surface area contributed by atoms with Crippen molar-refractivity contribution in [3.8, 4) is 5.75 Å². The van der Waals surface area contributed by atoms with E-state index in [9.17, 15) is 40.0 Å². The highest BCUT2D eigenvalue weighted by molar-refractivity contribution is 7.88. The molecule has 1 unspecified atom stereocenters. The predicted molar refractivity (Wildman–Crippen MR) is 147 cm³/mol.